The number of nitrogens with zero attached hydrogens (tertiary/aromatic N) is 3. The molecule has 27 heavy (non-hydrogen) atoms. The van der Waals surface area contributed by atoms with Crippen molar-refractivity contribution in [1.82, 2.24) is 19.0 Å². The average molecular weight is 368 g/mol. The smallest absolute Gasteiger partial charge is 0.330 e. The number of benzene rings is 1. The van der Waals surface area contributed by atoms with Crippen LogP contribution in [0.15, 0.2) is 40.6 Å². The van der Waals surface area contributed by atoms with Crippen LogP contribution in [0.25, 0.3) is 16.5 Å². The summed E-state index contributed by atoms with van der Waals surface area (Å²) >= 11 is 0. The molecule has 0 amide bonds. The predicted octanol–water partition coefficient (Wildman–Crippen LogP) is 1.78. The summed E-state index contributed by atoms with van der Waals surface area (Å²) in [5, 5.41) is 0.901. The van der Waals surface area contributed by atoms with Crippen molar-refractivity contribution in [3.05, 3.63) is 74.5 Å². The van der Waals surface area contributed by atoms with E-state index < -0.39 is 0 Å². The van der Waals surface area contributed by atoms with Gasteiger partial charge >= 0.3 is 5.69 Å². The van der Waals surface area contributed by atoms with E-state index in [1.54, 1.807) is 25.4 Å². The molecular formula is C20H21FN4O2. The lowest BCUT2D eigenvalue weighted by Gasteiger charge is -2.27. The van der Waals surface area contributed by atoms with Gasteiger partial charge in [0.05, 0.1) is 5.56 Å². The van der Waals surface area contributed by atoms with E-state index in [1.807, 2.05) is 0 Å². The number of aromatic nitrogens is 3. The van der Waals surface area contributed by atoms with Crippen molar-refractivity contribution in [2.45, 2.75) is 13.0 Å². The zero-order valence-corrected chi connectivity index (χ0v) is 15.4. The summed E-state index contributed by atoms with van der Waals surface area (Å²) in [6.45, 7) is 6.05. The molecule has 7 heteroatoms. The number of halogens is 1. The van der Waals surface area contributed by atoms with Crippen LogP contribution in [0.4, 0.5) is 4.39 Å². The summed E-state index contributed by atoms with van der Waals surface area (Å²) in [6, 6.07) is 4.78. The van der Waals surface area contributed by atoms with Crippen LogP contribution in [0.2, 0.25) is 0 Å². The Labute approximate surface area is 155 Å². The molecule has 3 heterocycles. The Morgan fingerprint density at radius 3 is 2.85 bits per heavy atom. The SMILES string of the molecule is C=C(CN1CCc2[nH]c3ccc(F)cc3c2C1)c1cn(C)c(=O)n(C)c1=O. The standard InChI is InChI=1S/C20H21FN4O2/c1-12(15-10-23(2)20(27)24(3)19(15)26)9-25-7-6-18-16(11-25)14-8-13(21)4-5-17(14)22-18/h4-5,8,10,22H,1,6-7,9,11H2,2-3H3. The molecule has 1 aliphatic heterocycles. The van der Waals surface area contributed by atoms with Crippen LogP contribution in [0.1, 0.15) is 16.8 Å². The van der Waals surface area contributed by atoms with E-state index >= 15 is 0 Å². The van der Waals surface area contributed by atoms with Gasteiger partial charge in [-0.3, -0.25) is 14.3 Å². The zero-order chi connectivity index (χ0) is 19.3. The van der Waals surface area contributed by atoms with Gasteiger partial charge < -0.3 is 9.55 Å². The summed E-state index contributed by atoms with van der Waals surface area (Å²) in [7, 11) is 3.08. The molecule has 1 N–H and O–H groups in total. The van der Waals surface area contributed by atoms with Gasteiger partial charge in [0.2, 0.25) is 0 Å². The van der Waals surface area contributed by atoms with Gasteiger partial charge in [0.15, 0.2) is 0 Å². The van der Waals surface area contributed by atoms with Gasteiger partial charge in [0, 0.05) is 62.9 Å². The monoisotopic (exact) mass is 368 g/mol. The van der Waals surface area contributed by atoms with E-state index in [4.69, 9.17) is 0 Å². The van der Waals surface area contributed by atoms with E-state index in [9.17, 15) is 14.0 Å². The molecule has 0 saturated heterocycles. The largest absolute Gasteiger partial charge is 0.358 e. The van der Waals surface area contributed by atoms with Crippen molar-refractivity contribution < 1.29 is 4.39 Å². The van der Waals surface area contributed by atoms with Gasteiger partial charge in [0.1, 0.15) is 5.82 Å². The maximum Gasteiger partial charge on any atom is 0.330 e. The Morgan fingerprint density at radius 1 is 1.30 bits per heavy atom. The maximum atomic E-state index is 13.7. The molecule has 1 aromatic carbocycles. The van der Waals surface area contributed by atoms with Crippen LogP contribution >= 0.6 is 0 Å². The highest BCUT2D eigenvalue weighted by atomic mass is 19.1. The van der Waals surface area contributed by atoms with Crippen LogP contribution in [0.5, 0.6) is 0 Å². The molecule has 0 saturated carbocycles. The third-order valence-electron chi connectivity index (χ3n) is 5.26. The molecule has 3 aromatic rings. The molecule has 0 atom stereocenters. The van der Waals surface area contributed by atoms with E-state index in [0.29, 0.717) is 24.2 Å². The Hall–Kier alpha value is -2.93. The highest BCUT2D eigenvalue weighted by Gasteiger charge is 2.22. The lowest BCUT2D eigenvalue weighted by atomic mass is 10.0. The maximum absolute atomic E-state index is 13.7. The molecule has 0 unspecified atom stereocenters. The van der Waals surface area contributed by atoms with Gasteiger partial charge in [0.25, 0.3) is 5.56 Å². The number of fused-ring (bicyclic) bond motifs is 3. The third kappa shape index (κ3) is 2.94. The molecule has 1 aliphatic rings. The lowest BCUT2D eigenvalue weighted by molar-refractivity contribution is 0.286. The molecule has 140 valence electrons. The van der Waals surface area contributed by atoms with E-state index in [1.165, 1.54) is 17.7 Å². The van der Waals surface area contributed by atoms with E-state index in [0.717, 1.165) is 39.7 Å². The topological polar surface area (TPSA) is 63.0 Å². The Bertz CT molecular complexity index is 1190. The number of nitrogens with one attached hydrogen (secondary N) is 1. The molecular weight excluding hydrogens is 347 g/mol. The summed E-state index contributed by atoms with van der Waals surface area (Å²) < 4.78 is 16.1. The van der Waals surface area contributed by atoms with Crippen LogP contribution in [-0.4, -0.2) is 32.1 Å². The molecule has 0 aliphatic carbocycles. The van der Waals surface area contributed by atoms with E-state index in [2.05, 4.69) is 16.5 Å². The summed E-state index contributed by atoms with van der Waals surface area (Å²) in [5.41, 5.74) is 3.58. The lowest BCUT2D eigenvalue weighted by Crippen LogP contribution is -2.39. The highest BCUT2D eigenvalue weighted by molar-refractivity contribution is 5.85. The van der Waals surface area contributed by atoms with Crippen LogP contribution in [-0.2, 0) is 27.1 Å². The van der Waals surface area contributed by atoms with Crippen molar-refractivity contribution >= 4 is 16.5 Å². The predicted molar refractivity (Wildman–Crippen MR) is 103 cm³/mol. The minimum atomic E-state index is -0.361. The molecule has 0 fully saturated rings. The Balaban J connectivity index is 1.61. The minimum absolute atomic E-state index is 0.250. The minimum Gasteiger partial charge on any atom is -0.358 e. The van der Waals surface area contributed by atoms with Gasteiger partial charge in [-0.05, 0) is 29.3 Å². The summed E-state index contributed by atoms with van der Waals surface area (Å²) in [4.78, 5) is 29.8. The average Bonchev–Trinajstić information content (AvgIpc) is 3.00. The zero-order valence-electron chi connectivity index (χ0n) is 15.4. The number of hydrogen-bond acceptors (Lipinski definition) is 3. The molecule has 0 radical (unpaired) electrons. The van der Waals surface area contributed by atoms with Crippen LogP contribution < -0.4 is 11.2 Å². The first kappa shape index (κ1) is 17.5. The van der Waals surface area contributed by atoms with Crippen molar-refractivity contribution in [2.75, 3.05) is 13.1 Å². The molecule has 6 nitrogen and oxygen atoms in total. The normalized spacial score (nSPS) is 14.5. The second kappa shape index (κ2) is 6.35. The van der Waals surface area contributed by atoms with Gasteiger partial charge in [-0.2, -0.15) is 0 Å². The van der Waals surface area contributed by atoms with Crippen molar-refractivity contribution in [3.8, 4) is 0 Å². The van der Waals surface area contributed by atoms with Gasteiger partial charge in [-0.1, -0.05) is 6.58 Å². The Kier molecular flexibility index (Phi) is 4.11. The van der Waals surface area contributed by atoms with Crippen molar-refractivity contribution in [3.63, 3.8) is 0 Å². The first-order valence-electron chi connectivity index (χ1n) is 8.81. The summed E-state index contributed by atoms with van der Waals surface area (Å²) in [6.07, 6.45) is 2.37. The van der Waals surface area contributed by atoms with Crippen LogP contribution in [0, 0.1) is 5.82 Å². The Morgan fingerprint density at radius 2 is 2.07 bits per heavy atom. The molecule has 0 spiro atoms. The third-order valence-corrected chi connectivity index (χ3v) is 5.26. The number of rotatable bonds is 3. The van der Waals surface area contributed by atoms with E-state index in [-0.39, 0.29) is 17.1 Å². The number of hydrogen-bond donors (Lipinski definition) is 1. The second-order valence-corrected chi connectivity index (χ2v) is 7.14. The van der Waals surface area contributed by atoms with Gasteiger partial charge in [-0.15, -0.1) is 0 Å². The van der Waals surface area contributed by atoms with Crippen LogP contribution in [0.3, 0.4) is 0 Å². The number of aromatic amines is 1. The fourth-order valence-electron chi connectivity index (χ4n) is 3.78. The quantitative estimate of drug-likeness (QED) is 0.767. The van der Waals surface area contributed by atoms with Crippen molar-refractivity contribution in [1.29, 1.82) is 0 Å². The molecule has 4 rings (SSSR count). The first-order valence-corrected chi connectivity index (χ1v) is 8.81. The highest BCUT2D eigenvalue weighted by Crippen LogP contribution is 2.29. The summed E-state index contributed by atoms with van der Waals surface area (Å²) in [5.74, 6) is -0.250. The number of aryl methyl sites for hydroxylation is 1. The first-order chi connectivity index (χ1) is 12.8. The molecule has 2 aromatic heterocycles. The molecule has 0 bridgehead atoms. The van der Waals surface area contributed by atoms with Crippen molar-refractivity contribution in [2.24, 2.45) is 14.1 Å². The fourth-order valence-corrected chi connectivity index (χ4v) is 3.78. The fraction of sp³-hybridized carbons (Fsp3) is 0.300. The second-order valence-electron chi connectivity index (χ2n) is 7.14. The van der Waals surface area contributed by atoms with Gasteiger partial charge in [-0.25, -0.2) is 9.18 Å². The number of H-pyrrole nitrogens is 1.